The first-order chi connectivity index (χ1) is 15.0. The van der Waals surface area contributed by atoms with Crippen molar-refractivity contribution in [3.8, 4) is 23.1 Å². The molecule has 8 heteroatoms. The number of benzene rings is 1. The molecule has 2 N–H and O–H groups in total. The first-order valence-electron chi connectivity index (χ1n) is 10.8. The van der Waals surface area contributed by atoms with Gasteiger partial charge in [-0.2, -0.15) is 10.4 Å². The van der Waals surface area contributed by atoms with Gasteiger partial charge in [0.15, 0.2) is 11.4 Å². The van der Waals surface area contributed by atoms with Gasteiger partial charge in [-0.3, -0.25) is 15.1 Å². The van der Waals surface area contributed by atoms with E-state index in [9.17, 15) is 0 Å². The molecule has 162 valence electrons. The van der Waals surface area contributed by atoms with Crippen molar-refractivity contribution in [3.63, 3.8) is 0 Å². The fraction of sp³-hybridized carbons (Fsp3) is 0.478. The Hall–Kier alpha value is -3.18. The van der Waals surface area contributed by atoms with Gasteiger partial charge in [0.25, 0.3) is 0 Å². The van der Waals surface area contributed by atoms with Gasteiger partial charge >= 0.3 is 0 Å². The molecule has 8 nitrogen and oxygen atoms in total. The highest BCUT2D eigenvalue weighted by Gasteiger charge is 2.25. The average molecular weight is 420 g/mol. The average Bonchev–Trinajstić information content (AvgIpc) is 3.44. The van der Waals surface area contributed by atoms with Crippen molar-refractivity contribution < 1.29 is 4.74 Å². The van der Waals surface area contributed by atoms with Crippen molar-refractivity contribution in [1.29, 1.82) is 5.26 Å². The number of H-pyrrole nitrogens is 1. The lowest BCUT2D eigenvalue weighted by Crippen LogP contribution is -2.31. The third kappa shape index (κ3) is 4.62. The Morgan fingerprint density at radius 3 is 2.97 bits per heavy atom. The molecule has 0 saturated carbocycles. The molecule has 0 bridgehead atoms. The minimum atomic E-state index is -0.788. The van der Waals surface area contributed by atoms with Crippen LogP contribution in [0.15, 0.2) is 34.3 Å². The number of aromatic nitrogens is 2. The summed E-state index contributed by atoms with van der Waals surface area (Å²) in [5.41, 5.74) is 2.32. The van der Waals surface area contributed by atoms with E-state index in [1.807, 2.05) is 6.07 Å². The molecule has 1 fully saturated rings. The summed E-state index contributed by atoms with van der Waals surface area (Å²) in [4.78, 5) is 11.2. The van der Waals surface area contributed by atoms with Crippen LogP contribution in [0.4, 0.5) is 5.82 Å². The van der Waals surface area contributed by atoms with Crippen molar-refractivity contribution in [3.05, 3.63) is 29.8 Å². The highest BCUT2D eigenvalue weighted by Crippen LogP contribution is 2.32. The summed E-state index contributed by atoms with van der Waals surface area (Å²) in [5, 5.41) is 19.7. The molecule has 0 spiro atoms. The van der Waals surface area contributed by atoms with Gasteiger partial charge in [0.05, 0.1) is 31.6 Å². The van der Waals surface area contributed by atoms with Crippen LogP contribution in [0.3, 0.4) is 0 Å². The summed E-state index contributed by atoms with van der Waals surface area (Å²) in [5.74, 6) is 2.05. The van der Waals surface area contributed by atoms with Crippen LogP contribution in [0.2, 0.25) is 0 Å². The molecule has 2 aliphatic heterocycles. The smallest absolute Gasteiger partial charge is 0.163 e. The van der Waals surface area contributed by atoms with Crippen LogP contribution < -0.4 is 10.1 Å². The molecule has 0 amide bonds. The van der Waals surface area contributed by atoms with Gasteiger partial charge in [0, 0.05) is 17.7 Å². The van der Waals surface area contributed by atoms with Gasteiger partial charge in [0.2, 0.25) is 0 Å². The van der Waals surface area contributed by atoms with Gasteiger partial charge in [-0.15, -0.1) is 0 Å². The number of nitrogens with one attached hydrogen (secondary N) is 2. The van der Waals surface area contributed by atoms with E-state index in [1.54, 1.807) is 20.2 Å². The highest BCUT2D eigenvalue weighted by molar-refractivity contribution is 6.35. The lowest BCUT2D eigenvalue weighted by molar-refractivity contribution is 0.266. The van der Waals surface area contributed by atoms with E-state index < -0.39 is 5.54 Å². The van der Waals surface area contributed by atoms with E-state index in [0.717, 1.165) is 30.0 Å². The minimum absolute atomic E-state index is 0.325. The standard InChI is InChI=1S/C23H29N7O/c1-4-30-9-5-6-17(30)10-16-7-8-18(20(11-16)31-3)19-12-21(29-28-19)27-22-13-26-23(2,14-24)15-25-22/h7-8,11-13,17H,4-6,9-10,15H2,1-3H3,(H2,25,27,28,29)/t17-,23?/m0/s1. The molecule has 1 saturated heterocycles. The quantitative estimate of drug-likeness (QED) is 0.748. The van der Waals surface area contributed by atoms with E-state index in [4.69, 9.17) is 10.00 Å². The lowest BCUT2D eigenvalue weighted by Gasteiger charge is -2.23. The second kappa shape index (κ2) is 8.90. The number of aliphatic imine (C=N–C) groups is 2. The van der Waals surface area contributed by atoms with E-state index in [0.29, 0.717) is 24.2 Å². The molecule has 3 heterocycles. The highest BCUT2D eigenvalue weighted by atomic mass is 16.5. The Bertz CT molecular complexity index is 1030. The number of ether oxygens (including phenoxy) is 1. The fourth-order valence-corrected chi connectivity index (χ4v) is 4.22. The van der Waals surface area contributed by atoms with Gasteiger partial charge in [-0.1, -0.05) is 13.0 Å². The Balaban J connectivity index is 1.47. The van der Waals surface area contributed by atoms with Gasteiger partial charge < -0.3 is 15.0 Å². The molecule has 2 aromatic rings. The molecule has 4 rings (SSSR count). The van der Waals surface area contributed by atoms with Gasteiger partial charge in [-0.25, -0.2) is 0 Å². The topological polar surface area (TPSA) is 102 Å². The zero-order chi connectivity index (χ0) is 21.8. The van der Waals surface area contributed by atoms with Crippen LogP contribution in [0.25, 0.3) is 11.3 Å². The zero-order valence-electron chi connectivity index (χ0n) is 18.4. The minimum Gasteiger partial charge on any atom is -0.496 e. The van der Waals surface area contributed by atoms with Gasteiger partial charge in [0.1, 0.15) is 11.6 Å². The number of likely N-dealkylation sites (tertiary alicyclic amines) is 1. The van der Waals surface area contributed by atoms with Crippen molar-refractivity contribution in [2.45, 2.75) is 44.7 Å². The van der Waals surface area contributed by atoms with E-state index >= 15 is 0 Å². The third-order valence-electron chi connectivity index (χ3n) is 6.04. The number of methoxy groups -OCH3 is 1. The predicted molar refractivity (Wildman–Crippen MR) is 123 cm³/mol. The first-order valence-corrected chi connectivity index (χ1v) is 10.8. The SMILES string of the molecule is CCN1CCC[C@H]1Cc1ccc(-c2cc(NC3=NCC(C)(C#N)N=C3)n[nH]2)c(OC)c1. The van der Waals surface area contributed by atoms with Crippen molar-refractivity contribution in [1.82, 2.24) is 15.1 Å². The number of nitriles is 1. The summed E-state index contributed by atoms with van der Waals surface area (Å²) in [6.07, 6.45) is 5.16. The summed E-state index contributed by atoms with van der Waals surface area (Å²) in [6, 6.07) is 11.1. The maximum Gasteiger partial charge on any atom is 0.163 e. The van der Waals surface area contributed by atoms with Gasteiger partial charge in [-0.05, 0) is 57.0 Å². The van der Waals surface area contributed by atoms with Crippen molar-refractivity contribution in [2.24, 2.45) is 9.98 Å². The molecule has 2 atom stereocenters. The monoisotopic (exact) mass is 419 g/mol. The first kappa shape index (κ1) is 21.1. The zero-order valence-corrected chi connectivity index (χ0v) is 18.4. The molecule has 1 aromatic heterocycles. The maximum absolute atomic E-state index is 9.14. The molecule has 0 radical (unpaired) electrons. The van der Waals surface area contributed by atoms with E-state index in [1.165, 1.54) is 24.9 Å². The van der Waals surface area contributed by atoms with Crippen LogP contribution in [0.5, 0.6) is 5.75 Å². The normalized spacial score (nSPS) is 23.4. The number of likely N-dealkylation sites (N-methyl/N-ethyl adjacent to an activating group) is 1. The molecule has 0 aliphatic carbocycles. The Kier molecular flexibility index (Phi) is 6.05. The predicted octanol–water partition coefficient (Wildman–Crippen LogP) is 3.29. The Labute approximate surface area is 183 Å². The summed E-state index contributed by atoms with van der Waals surface area (Å²) in [7, 11) is 1.70. The number of anilines is 1. The second-order valence-electron chi connectivity index (χ2n) is 8.30. The second-order valence-corrected chi connectivity index (χ2v) is 8.30. The summed E-state index contributed by atoms with van der Waals surface area (Å²) in [6.45, 7) is 6.63. The maximum atomic E-state index is 9.14. The number of hydrogen-bond acceptors (Lipinski definition) is 7. The van der Waals surface area contributed by atoms with Crippen LogP contribution in [-0.4, -0.2) is 65.5 Å². The third-order valence-corrected chi connectivity index (χ3v) is 6.04. The molecular formula is C23H29N7O. The fourth-order valence-electron chi connectivity index (χ4n) is 4.22. The molecule has 31 heavy (non-hydrogen) atoms. The largest absolute Gasteiger partial charge is 0.496 e. The molecule has 1 unspecified atom stereocenters. The molecular weight excluding hydrogens is 390 g/mol. The number of hydrogen-bond donors (Lipinski definition) is 2. The van der Waals surface area contributed by atoms with E-state index in [-0.39, 0.29) is 0 Å². The molecule has 2 aliphatic rings. The number of aromatic amines is 1. The number of rotatable bonds is 6. The number of nitrogens with zero attached hydrogens (tertiary/aromatic N) is 5. The van der Waals surface area contributed by atoms with Crippen LogP contribution in [-0.2, 0) is 6.42 Å². The van der Waals surface area contributed by atoms with E-state index in [2.05, 4.69) is 61.6 Å². The Morgan fingerprint density at radius 2 is 2.26 bits per heavy atom. The molecule has 1 aromatic carbocycles. The summed E-state index contributed by atoms with van der Waals surface area (Å²) >= 11 is 0. The van der Waals surface area contributed by atoms with Crippen molar-refractivity contribution in [2.75, 3.05) is 32.1 Å². The van der Waals surface area contributed by atoms with Crippen LogP contribution >= 0.6 is 0 Å². The van der Waals surface area contributed by atoms with Crippen molar-refractivity contribution >= 4 is 17.9 Å². The summed E-state index contributed by atoms with van der Waals surface area (Å²) < 4.78 is 5.70. The Morgan fingerprint density at radius 1 is 1.39 bits per heavy atom. The van der Waals surface area contributed by atoms with Crippen LogP contribution in [0, 0.1) is 11.3 Å². The number of amidine groups is 1. The van der Waals surface area contributed by atoms with Crippen LogP contribution in [0.1, 0.15) is 32.3 Å². The lowest BCUT2D eigenvalue weighted by atomic mass is 10.0.